The minimum Gasteiger partial charge on any atom is -0.465 e. The van der Waals surface area contributed by atoms with Gasteiger partial charge in [-0.3, -0.25) is 4.79 Å². The fourth-order valence-corrected chi connectivity index (χ4v) is 3.78. The lowest BCUT2D eigenvalue weighted by Gasteiger charge is -2.37. The summed E-state index contributed by atoms with van der Waals surface area (Å²) >= 11 is 0. The van der Waals surface area contributed by atoms with Gasteiger partial charge >= 0.3 is 12.0 Å². The van der Waals surface area contributed by atoms with E-state index in [9.17, 15) is 14.4 Å². The van der Waals surface area contributed by atoms with Gasteiger partial charge in [0.05, 0.1) is 12.7 Å². The summed E-state index contributed by atoms with van der Waals surface area (Å²) in [6.07, 6.45) is 5.51. The summed E-state index contributed by atoms with van der Waals surface area (Å²) in [6, 6.07) is 6.43. The summed E-state index contributed by atoms with van der Waals surface area (Å²) in [4.78, 5) is 40.3. The van der Waals surface area contributed by atoms with Gasteiger partial charge in [-0.2, -0.15) is 0 Å². The van der Waals surface area contributed by atoms with Crippen LogP contribution < -0.4 is 5.32 Å². The van der Waals surface area contributed by atoms with E-state index in [-0.39, 0.29) is 17.9 Å². The fraction of sp³-hybridized carbons (Fsp3) is 0.550. The molecule has 1 aliphatic heterocycles. The molecule has 1 heterocycles. The second-order valence-electron chi connectivity index (χ2n) is 7.15. The number of methoxy groups -OCH3 is 1. The van der Waals surface area contributed by atoms with E-state index in [1.54, 1.807) is 29.2 Å². The number of anilines is 1. The minimum absolute atomic E-state index is 0.167. The second kappa shape index (κ2) is 8.88. The van der Waals surface area contributed by atoms with Gasteiger partial charge in [-0.05, 0) is 31.0 Å². The molecule has 2 fully saturated rings. The van der Waals surface area contributed by atoms with Crippen LogP contribution in [0.2, 0.25) is 0 Å². The number of hydrogen-bond donors (Lipinski definition) is 1. The van der Waals surface area contributed by atoms with Gasteiger partial charge in [0, 0.05) is 37.8 Å². The topological polar surface area (TPSA) is 79.0 Å². The third kappa shape index (κ3) is 4.78. The van der Waals surface area contributed by atoms with Crippen molar-refractivity contribution in [1.29, 1.82) is 0 Å². The number of nitrogens with zero attached hydrogens (tertiary/aromatic N) is 2. The molecular weight excluding hydrogens is 346 g/mol. The van der Waals surface area contributed by atoms with Gasteiger partial charge in [-0.1, -0.05) is 25.3 Å². The van der Waals surface area contributed by atoms with Crippen LogP contribution in [0.1, 0.15) is 42.5 Å². The molecule has 1 saturated heterocycles. The van der Waals surface area contributed by atoms with Crippen LogP contribution in [-0.4, -0.2) is 61.0 Å². The third-order valence-electron chi connectivity index (χ3n) is 5.37. The summed E-state index contributed by atoms with van der Waals surface area (Å²) < 4.78 is 4.70. The van der Waals surface area contributed by atoms with Crippen molar-refractivity contribution in [3.63, 3.8) is 0 Å². The van der Waals surface area contributed by atoms with Crippen molar-refractivity contribution >= 4 is 23.6 Å². The third-order valence-corrected chi connectivity index (χ3v) is 5.37. The number of piperazine rings is 1. The predicted molar refractivity (Wildman–Crippen MR) is 102 cm³/mol. The Labute approximate surface area is 159 Å². The Balaban J connectivity index is 1.51. The molecule has 1 N–H and O–H groups in total. The second-order valence-corrected chi connectivity index (χ2v) is 7.15. The van der Waals surface area contributed by atoms with E-state index < -0.39 is 5.97 Å². The van der Waals surface area contributed by atoms with Crippen molar-refractivity contribution < 1.29 is 19.1 Å². The van der Waals surface area contributed by atoms with E-state index in [0.29, 0.717) is 37.4 Å². The first kappa shape index (κ1) is 19.2. The van der Waals surface area contributed by atoms with Gasteiger partial charge in [-0.25, -0.2) is 9.59 Å². The predicted octanol–water partition coefficient (Wildman–Crippen LogP) is 2.73. The number of esters is 1. The first-order valence-electron chi connectivity index (χ1n) is 9.61. The molecule has 7 heteroatoms. The maximum absolute atomic E-state index is 12.6. The summed E-state index contributed by atoms with van der Waals surface area (Å²) in [5, 5.41) is 2.81. The molecule has 2 aliphatic rings. The van der Waals surface area contributed by atoms with E-state index in [0.717, 1.165) is 25.7 Å². The Morgan fingerprint density at radius 1 is 1.00 bits per heavy atom. The smallest absolute Gasteiger partial charge is 0.337 e. The maximum atomic E-state index is 12.6. The molecule has 0 radical (unpaired) electrons. The molecule has 0 aromatic heterocycles. The van der Waals surface area contributed by atoms with Gasteiger partial charge in [0.1, 0.15) is 0 Å². The van der Waals surface area contributed by atoms with Crippen LogP contribution in [0.25, 0.3) is 0 Å². The van der Waals surface area contributed by atoms with Crippen molar-refractivity contribution in [3.05, 3.63) is 29.8 Å². The first-order valence-corrected chi connectivity index (χ1v) is 9.61. The van der Waals surface area contributed by atoms with Crippen molar-refractivity contribution in [2.24, 2.45) is 5.92 Å². The number of nitrogens with one attached hydrogen (secondary N) is 1. The highest BCUT2D eigenvalue weighted by atomic mass is 16.5. The number of rotatable bonds is 3. The lowest BCUT2D eigenvalue weighted by molar-refractivity contribution is -0.138. The van der Waals surface area contributed by atoms with Crippen molar-refractivity contribution in [2.75, 3.05) is 38.6 Å². The molecule has 0 atom stereocenters. The highest BCUT2D eigenvalue weighted by Crippen LogP contribution is 2.26. The van der Waals surface area contributed by atoms with Gasteiger partial charge in [-0.15, -0.1) is 0 Å². The molecule has 1 aromatic carbocycles. The molecule has 0 unspecified atom stereocenters. The number of urea groups is 1. The SMILES string of the molecule is COC(=O)c1cccc(NC(=O)N2CCN(C(=O)C3CCCCC3)CC2)c1. The summed E-state index contributed by atoms with van der Waals surface area (Å²) in [6.45, 7) is 2.18. The quantitative estimate of drug-likeness (QED) is 0.827. The number of carbonyl (C=O) groups is 3. The molecule has 27 heavy (non-hydrogen) atoms. The van der Waals surface area contributed by atoms with Gasteiger partial charge in [0.2, 0.25) is 5.91 Å². The molecule has 1 aromatic rings. The molecule has 1 aliphatic carbocycles. The Bertz CT molecular complexity index is 692. The molecule has 3 amide bonds. The van der Waals surface area contributed by atoms with Gasteiger partial charge < -0.3 is 19.9 Å². The maximum Gasteiger partial charge on any atom is 0.337 e. The largest absolute Gasteiger partial charge is 0.465 e. The monoisotopic (exact) mass is 373 g/mol. The molecule has 1 saturated carbocycles. The number of ether oxygens (including phenoxy) is 1. The number of carbonyl (C=O) groups excluding carboxylic acids is 3. The summed E-state index contributed by atoms with van der Waals surface area (Å²) in [5.74, 6) is -0.0262. The van der Waals surface area contributed by atoms with Crippen LogP contribution in [0, 0.1) is 5.92 Å². The minimum atomic E-state index is -0.444. The number of hydrogen-bond acceptors (Lipinski definition) is 4. The van der Waals surface area contributed by atoms with E-state index in [2.05, 4.69) is 5.32 Å². The van der Waals surface area contributed by atoms with Gasteiger partial charge in [0.25, 0.3) is 0 Å². The van der Waals surface area contributed by atoms with Crippen molar-refractivity contribution in [1.82, 2.24) is 9.80 Å². The van der Waals surface area contributed by atoms with Crippen LogP contribution in [0.3, 0.4) is 0 Å². The number of amides is 3. The summed E-state index contributed by atoms with van der Waals surface area (Å²) in [7, 11) is 1.32. The zero-order valence-corrected chi connectivity index (χ0v) is 15.8. The first-order chi connectivity index (χ1) is 13.1. The van der Waals surface area contributed by atoms with E-state index >= 15 is 0 Å². The molecule has 7 nitrogen and oxygen atoms in total. The molecular formula is C20H27N3O4. The van der Waals surface area contributed by atoms with Crippen LogP contribution >= 0.6 is 0 Å². The van der Waals surface area contributed by atoms with Crippen molar-refractivity contribution in [3.8, 4) is 0 Å². The van der Waals surface area contributed by atoms with Gasteiger partial charge in [0.15, 0.2) is 0 Å². The average Bonchev–Trinajstić information content (AvgIpc) is 2.73. The highest BCUT2D eigenvalue weighted by Gasteiger charge is 2.29. The van der Waals surface area contributed by atoms with Crippen LogP contribution in [0.15, 0.2) is 24.3 Å². The summed E-state index contributed by atoms with van der Waals surface area (Å²) in [5.41, 5.74) is 0.932. The van der Waals surface area contributed by atoms with Crippen LogP contribution in [-0.2, 0) is 9.53 Å². The highest BCUT2D eigenvalue weighted by molar-refractivity contribution is 5.94. The Morgan fingerprint density at radius 2 is 1.67 bits per heavy atom. The molecule has 3 rings (SSSR count). The fourth-order valence-electron chi connectivity index (χ4n) is 3.78. The number of benzene rings is 1. The Morgan fingerprint density at radius 3 is 2.33 bits per heavy atom. The molecule has 146 valence electrons. The normalized spacial score (nSPS) is 18.1. The molecule has 0 bridgehead atoms. The standard InChI is InChI=1S/C20H27N3O4/c1-27-19(25)16-8-5-9-17(14-16)21-20(26)23-12-10-22(11-13-23)18(24)15-6-3-2-4-7-15/h5,8-9,14-15H,2-4,6-7,10-13H2,1H3,(H,21,26). The Kier molecular flexibility index (Phi) is 6.32. The van der Waals surface area contributed by atoms with E-state index in [1.807, 2.05) is 4.90 Å². The van der Waals surface area contributed by atoms with Crippen molar-refractivity contribution in [2.45, 2.75) is 32.1 Å². The zero-order chi connectivity index (χ0) is 19.2. The van der Waals surface area contributed by atoms with Crippen LogP contribution in [0.4, 0.5) is 10.5 Å². The van der Waals surface area contributed by atoms with E-state index in [1.165, 1.54) is 13.5 Å². The zero-order valence-electron chi connectivity index (χ0n) is 15.8. The van der Waals surface area contributed by atoms with E-state index in [4.69, 9.17) is 4.74 Å². The molecule has 0 spiro atoms. The average molecular weight is 373 g/mol. The van der Waals surface area contributed by atoms with Crippen LogP contribution in [0.5, 0.6) is 0 Å². The Hall–Kier alpha value is -2.57. The lowest BCUT2D eigenvalue weighted by Crippen LogP contribution is -2.53. The lowest BCUT2D eigenvalue weighted by atomic mass is 9.88.